The van der Waals surface area contributed by atoms with Gasteiger partial charge in [-0.2, -0.15) is 4.72 Å². The fourth-order valence-corrected chi connectivity index (χ4v) is 5.63. The van der Waals surface area contributed by atoms with E-state index >= 15 is 0 Å². The van der Waals surface area contributed by atoms with E-state index in [1.165, 1.54) is 0 Å². The van der Waals surface area contributed by atoms with E-state index in [0.29, 0.717) is 29.4 Å². The lowest BCUT2D eigenvalue weighted by Crippen LogP contribution is -2.48. The van der Waals surface area contributed by atoms with E-state index in [4.69, 9.17) is 11.6 Å². The maximum absolute atomic E-state index is 13.0. The predicted octanol–water partition coefficient (Wildman–Crippen LogP) is 3.71. The summed E-state index contributed by atoms with van der Waals surface area (Å²) in [5.74, 6) is -0.0279. The number of hydrogen-bond donors (Lipinski definition) is 2. The second kappa shape index (κ2) is 8.70. The Kier molecular flexibility index (Phi) is 5.74. The van der Waals surface area contributed by atoms with Crippen molar-refractivity contribution in [2.75, 3.05) is 36.4 Å². The Balaban J connectivity index is 1.25. The monoisotopic (exact) mass is 482 g/mol. The largest absolute Gasteiger partial charge is 0.368 e. The summed E-state index contributed by atoms with van der Waals surface area (Å²) in [5, 5.41) is 3.91. The second-order valence-corrected chi connectivity index (χ2v) is 10.2. The molecular formula is C24H23ClN4O3S. The Bertz CT molecular complexity index is 1270. The number of nitrogens with one attached hydrogen (secondary N) is 2. The number of rotatable bonds is 3. The molecule has 33 heavy (non-hydrogen) atoms. The van der Waals surface area contributed by atoms with E-state index < -0.39 is 16.2 Å². The maximum atomic E-state index is 13.0. The van der Waals surface area contributed by atoms with E-state index in [2.05, 4.69) is 14.9 Å². The third kappa shape index (κ3) is 4.42. The summed E-state index contributed by atoms with van der Waals surface area (Å²) in [5.41, 5.74) is 2.97. The molecule has 0 bridgehead atoms. The fourth-order valence-electron chi connectivity index (χ4n) is 4.20. The van der Waals surface area contributed by atoms with Crippen LogP contribution in [0.25, 0.3) is 0 Å². The summed E-state index contributed by atoms with van der Waals surface area (Å²) < 4.78 is 27.8. The van der Waals surface area contributed by atoms with Crippen LogP contribution >= 0.6 is 11.6 Å². The number of benzene rings is 3. The van der Waals surface area contributed by atoms with Gasteiger partial charge >= 0.3 is 0 Å². The summed E-state index contributed by atoms with van der Waals surface area (Å²) in [6, 6.07) is 21.6. The molecule has 1 atom stereocenters. The molecule has 5 rings (SSSR count). The van der Waals surface area contributed by atoms with Crippen LogP contribution in [0.3, 0.4) is 0 Å². The van der Waals surface area contributed by atoms with Crippen LogP contribution < -0.4 is 14.9 Å². The molecule has 1 fully saturated rings. The molecule has 2 aliphatic heterocycles. The average Bonchev–Trinajstić information content (AvgIpc) is 2.84. The highest BCUT2D eigenvalue weighted by Gasteiger charge is 2.30. The molecule has 2 N–H and O–H groups in total. The normalized spacial score (nSPS) is 19.5. The molecule has 9 heteroatoms. The zero-order valence-electron chi connectivity index (χ0n) is 17.7. The summed E-state index contributed by atoms with van der Waals surface area (Å²) in [4.78, 5) is 17.3. The lowest BCUT2D eigenvalue weighted by Gasteiger charge is -2.36. The van der Waals surface area contributed by atoms with Crippen molar-refractivity contribution in [3.8, 4) is 0 Å². The number of sulfonamides is 1. The topological polar surface area (TPSA) is 81.7 Å². The standard InChI is InChI=1S/C24H23ClN4O3S/c25-19-9-11-20(12-10-19)28-13-15-29(16-14-28)24(30)18-7-5-17(6-8-18)23-26-21-3-1-2-4-22(21)33(31,32)27-23/h1-12,23,26-27H,13-16H2/t23-/m0/s1. The number of hydrogen-bond acceptors (Lipinski definition) is 5. The van der Waals surface area contributed by atoms with E-state index in [1.807, 2.05) is 29.2 Å². The fraction of sp³-hybridized carbons (Fsp3) is 0.208. The van der Waals surface area contributed by atoms with Gasteiger partial charge in [0.15, 0.2) is 0 Å². The molecule has 0 aromatic heterocycles. The number of carbonyl (C=O) groups is 1. The number of halogens is 1. The van der Waals surface area contributed by atoms with Crippen LogP contribution in [0.15, 0.2) is 77.7 Å². The number of carbonyl (C=O) groups excluding carboxylic acids is 1. The van der Waals surface area contributed by atoms with Gasteiger partial charge in [-0.15, -0.1) is 0 Å². The first kappa shape index (κ1) is 21.8. The molecule has 2 aliphatic rings. The van der Waals surface area contributed by atoms with Crippen molar-refractivity contribution >= 4 is 38.9 Å². The first-order chi connectivity index (χ1) is 15.9. The lowest BCUT2D eigenvalue weighted by atomic mass is 10.1. The molecule has 3 aromatic rings. The molecule has 0 spiro atoms. The second-order valence-electron chi connectivity index (χ2n) is 8.07. The van der Waals surface area contributed by atoms with Gasteiger partial charge in [0.05, 0.1) is 5.69 Å². The molecule has 2 heterocycles. The van der Waals surface area contributed by atoms with Crippen molar-refractivity contribution < 1.29 is 13.2 Å². The molecule has 0 aliphatic carbocycles. The molecule has 7 nitrogen and oxygen atoms in total. The molecular weight excluding hydrogens is 460 g/mol. The minimum Gasteiger partial charge on any atom is -0.368 e. The van der Waals surface area contributed by atoms with Gasteiger partial charge in [-0.1, -0.05) is 35.9 Å². The Morgan fingerprint density at radius 3 is 2.24 bits per heavy atom. The van der Waals surface area contributed by atoms with Gasteiger partial charge in [0.25, 0.3) is 5.91 Å². The van der Waals surface area contributed by atoms with Crippen LogP contribution in [0.4, 0.5) is 11.4 Å². The molecule has 0 unspecified atom stereocenters. The van der Waals surface area contributed by atoms with Crippen molar-refractivity contribution in [2.45, 2.75) is 11.1 Å². The summed E-state index contributed by atoms with van der Waals surface area (Å²) in [6.45, 7) is 2.76. The number of piperazine rings is 1. The molecule has 0 saturated carbocycles. The van der Waals surface area contributed by atoms with Crippen molar-refractivity contribution in [3.63, 3.8) is 0 Å². The maximum Gasteiger partial charge on any atom is 0.253 e. The molecule has 3 aromatic carbocycles. The Hall–Kier alpha value is -3.07. The van der Waals surface area contributed by atoms with E-state index in [-0.39, 0.29) is 10.8 Å². The minimum absolute atomic E-state index is 0.0279. The molecule has 1 amide bonds. The van der Waals surface area contributed by atoms with Crippen molar-refractivity contribution in [1.82, 2.24) is 9.62 Å². The first-order valence-electron chi connectivity index (χ1n) is 10.7. The Morgan fingerprint density at radius 1 is 0.879 bits per heavy atom. The van der Waals surface area contributed by atoms with Crippen molar-refractivity contribution in [2.24, 2.45) is 0 Å². The average molecular weight is 483 g/mol. The van der Waals surface area contributed by atoms with E-state index in [9.17, 15) is 13.2 Å². The summed E-state index contributed by atoms with van der Waals surface area (Å²) in [6.07, 6.45) is -0.600. The van der Waals surface area contributed by atoms with Crippen LogP contribution in [0, 0.1) is 0 Å². The Labute approximate surface area is 198 Å². The first-order valence-corrected chi connectivity index (χ1v) is 12.5. The zero-order valence-corrected chi connectivity index (χ0v) is 19.3. The number of anilines is 2. The van der Waals surface area contributed by atoms with Gasteiger partial charge in [-0.3, -0.25) is 4.79 Å². The Morgan fingerprint density at radius 2 is 1.55 bits per heavy atom. The van der Waals surface area contributed by atoms with Crippen LogP contribution in [-0.4, -0.2) is 45.4 Å². The van der Waals surface area contributed by atoms with Gasteiger partial charge < -0.3 is 15.1 Å². The van der Waals surface area contributed by atoms with Crippen LogP contribution in [0.2, 0.25) is 5.02 Å². The van der Waals surface area contributed by atoms with Crippen LogP contribution in [0.1, 0.15) is 22.1 Å². The summed E-state index contributed by atoms with van der Waals surface area (Å²) in [7, 11) is -3.61. The molecule has 170 valence electrons. The van der Waals surface area contributed by atoms with E-state index in [1.54, 1.807) is 48.5 Å². The SMILES string of the molecule is O=C(c1ccc([C@H]2Nc3ccccc3S(=O)(=O)N2)cc1)N1CCN(c2ccc(Cl)cc2)CC1. The minimum atomic E-state index is -3.61. The smallest absolute Gasteiger partial charge is 0.253 e. The van der Waals surface area contributed by atoms with Gasteiger partial charge in [0, 0.05) is 42.5 Å². The van der Waals surface area contributed by atoms with Gasteiger partial charge in [-0.05, 0) is 54.1 Å². The van der Waals surface area contributed by atoms with E-state index in [0.717, 1.165) is 24.3 Å². The third-order valence-electron chi connectivity index (χ3n) is 6.00. The number of nitrogens with zero attached hydrogens (tertiary/aromatic N) is 2. The molecule has 0 radical (unpaired) electrons. The molecule has 1 saturated heterocycles. The third-order valence-corrected chi connectivity index (χ3v) is 7.73. The highest BCUT2D eigenvalue weighted by molar-refractivity contribution is 7.89. The number of amides is 1. The summed E-state index contributed by atoms with van der Waals surface area (Å²) >= 11 is 5.97. The lowest BCUT2D eigenvalue weighted by molar-refractivity contribution is 0.0746. The number of fused-ring (bicyclic) bond motifs is 1. The quantitative estimate of drug-likeness (QED) is 0.595. The van der Waals surface area contributed by atoms with Crippen LogP contribution in [-0.2, 0) is 10.0 Å². The zero-order chi connectivity index (χ0) is 23.0. The highest BCUT2D eigenvalue weighted by atomic mass is 35.5. The van der Waals surface area contributed by atoms with Gasteiger partial charge in [0.2, 0.25) is 10.0 Å². The number of para-hydroxylation sites is 1. The van der Waals surface area contributed by atoms with Crippen molar-refractivity contribution in [1.29, 1.82) is 0 Å². The highest BCUT2D eigenvalue weighted by Crippen LogP contribution is 2.31. The van der Waals surface area contributed by atoms with Crippen molar-refractivity contribution in [3.05, 3.63) is 88.9 Å². The van der Waals surface area contributed by atoms with Gasteiger partial charge in [-0.25, -0.2) is 8.42 Å². The predicted molar refractivity (Wildman–Crippen MR) is 129 cm³/mol. The van der Waals surface area contributed by atoms with Gasteiger partial charge in [0.1, 0.15) is 11.1 Å². The van der Waals surface area contributed by atoms with Crippen LogP contribution in [0.5, 0.6) is 0 Å².